The van der Waals surface area contributed by atoms with Gasteiger partial charge in [-0.15, -0.1) is 0 Å². The maximum Gasteiger partial charge on any atom is 0.132 e. The van der Waals surface area contributed by atoms with E-state index in [4.69, 9.17) is 4.74 Å². The van der Waals surface area contributed by atoms with Crippen molar-refractivity contribution >= 4 is 22.6 Å². The van der Waals surface area contributed by atoms with E-state index in [1.54, 1.807) is 6.07 Å². The molecule has 0 aliphatic carbocycles. The van der Waals surface area contributed by atoms with Gasteiger partial charge in [0.1, 0.15) is 11.6 Å². The van der Waals surface area contributed by atoms with Gasteiger partial charge in [0.2, 0.25) is 0 Å². The zero-order valence-electron chi connectivity index (χ0n) is 7.52. The number of hydrogen-bond acceptors (Lipinski definition) is 1. The van der Waals surface area contributed by atoms with Crippen LogP contribution in [0.1, 0.15) is 19.8 Å². The van der Waals surface area contributed by atoms with Gasteiger partial charge >= 0.3 is 0 Å². The van der Waals surface area contributed by atoms with Crippen LogP contribution in [0.5, 0.6) is 5.75 Å². The van der Waals surface area contributed by atoms with E-state index in [-0.39, 0.29) is 5.82 Å². The van der Waals surface area contributed by atoms with Crippen LogP contribution in [-0.2, 0) is 0 Å². The average Bonchev–Trinajstić information content (AvgIpc) is 2.09. The molecule has 0 unspecified atom stereocenters. The van der Waals surface area contributed by atoms with Crippen LogP contribution in [0.4, 0.5) is 4.39 Å². The second kappa shape index (κ2) is 5.42. The zero-order valence-corrected chi connectivity index (χ0v) is 9.68. The highest BCUT2D eigenvalue weighted by Crippen LogP contribution is 2.21. The Bertz CT molecular complexity index is 276. The molecule has 3 heteroatoms. The summed E-state index contributed by atoms with van der Waals surface area (Å²) in [6, 6.07) is 4.57. The van der Waals surface area contributed by atoms with E-state index in [1.165, 1.54) is 12.1 Å². The number of rotatable bonds is 4. The Labute approximate surface area is 91.4 Å². The van der Waals surface area contributed by atoms with E-state index < -0.39 is 0 Å². The number of ether oxygens (including phenoxy) is 1. The maximum absolute atomic E-state index is 12.7. The minimum Gasteiger partial charge on any atom is -0.492 e. The third kappa shape index (κ3) is 3.50. The number of halogens is 2. The first-order valence-corrected chi connectivity index (χ1v) is 5.39. The van der Waals surface area contributed by atoms with Crippen LogP contribution in [-0.4, -0.2) is 6.61 Å². The van der Waals surface area contributed by atoms with E-state index in [9.17, 15) is 4.39 Å². The largest absolute Gasteiger partial charge is 0.492 e. The first-order valence-electron chi connectivity index (χ1n) is 4.32. The van der Waals surface area contributed by atoms with Gasteiger partial charge in [-0.3, -0.25) is 0 Å². The summed E-state index contributed by atoms with van der Waals surface area (Å²) in [6.45, 7) is 2.82. The standard InChI is InChI=1S/C10H12FIO/c1-2-3-6-13-10-5-4-8(11)7-9(10)12/h4-5,7H,2-3,6H2,1H3. The summed E-state index contributed by atoms with van der Waals surface area (Å²) >= 11 is 2.07. The lowest BCUT2D eigenvalue weighted by molar-refractivity contribution is 0.307. The lowest BCUT2D eigenvalue weighted by Gasteiger charge is -2.06. The van der Waals surface area contributed by atoms with Gasteiger partial charge in [-0.25, -0.2) is 4.39 Å². The molecule has 0 fully saturated rings. The molecule has 0 N–H and O–H groups in total. The minimum absolute atomic E-state index is 0.216. The Balaban J connectivity index is 2.56. The van der Waals surface area contributed by atoms with E-state index >= 15 is 0 Å². The molecule has 0 saturated heterocycles. The summed E-state index contributed by atoms with van der Waals surface area (Å²) in [5, 5.41) is 0. The van der Waals surface area contributed by atoms with Crippen LogP contribution in [0, 0.1) is 9.39 Å². The molecule has 0 amide bonds. The van der Waals surface area contributed by atoms with E-state index in [2.05, 4.69) is 29.5 Å². The van der Waals surface area contributed by atoms with Gasteiger partial charge in [-0.2, -0.15) is 0 Å². The molecule has 0 saturated carbocycles. The lowest BCUT2D eigenvalue weighted by Crippen LogP contribution is -1.98. The van der Waals surface area contributed by atoms with Crippen molar-refractivity contribution in [3.05, 3.63) is 27.6 Å². The molecule has 0 aliphatic heterocycles. The smallest absolute Gasteiger partial charge is 0.132 e. The molecule has 0 radical (unpaired) electrons. The van der Waals surface area contributed by atoms with Crippen molar-refractivity contribution < 1.29 is 9.13 Å². The quantitative estimate of drug-likeness (QED) is 0.609. The second-order valence-corrected chi connectivity index (χ2v) is 3.94. The third-order valence-electron chi connectivity index (χ3n) is 1.65. The Kier molecular flexibility index (Phi) is 4.48. The molecule has 0 aliphatic rings. The van der Waals surface area contributed by atoms with Crippen LogP contribution < -0.4 is 4.74 Å². The fourth-order valence-corrected chi connectivity index (χ4v) is 1.55. The highest BCUT2D eigenvalue weighted by molar-refractivity contribution is 14.1. The highest BCUT2D eigenvalue weighted by atomic mass is 127. The lowest BCUT2D eigenvalue weighted by atomic mass is 10.3. The summed E-state index contributed by atoms with van der Waals surface area (Å²) in [7, 11) is 0. The number of unbranched alkanes of at least 4 members (excludes halogenated alkanes) is 1. The van der Waals surface area contributed by atoms with Gasteiger partial charge in [-0.05, 0) is 47.2 Å². The molecule has 1 aromatic rings. The topological polar surface area (TPSA) is 9.23 Å². The number of hydrogen-bond donors (Lipinski definition) is 0. The number of benzene rings is 1. The van der Waals surface area contributed by atoms with Crippen molar-refractivity contribution in [1.82, 2.24) is 0 Å². The van der Waals surface area contributed by atoms with Crippen molar-refractivity contribution in [2.75, 3.05) is 6.61 Å². The predicted octanol–water partition coefficient (Wildman–Crippen LogP) is 3.61. The molecule has 1 aromatic carbocycles. The second-order valence-electron chi connectivity index (χ2n) is 2.78. The molecule has 0 atom stereocenters. The summed E-state index contributed by atoms with van der Waals surface area (Å²) in [6.07, 6.45) is 2.14. The molecule has 1 nitrogen and oxygen atoms in total. The summed E-state index contributed by atoms with van der Waals surface area (Å²) in [4.78, 5) is 0. The van der Waals surface area contributed by atoms with Gasteiger partial charge in [0.15, 0.2) is 0 Å². The Morgan fingerprint density at radius 2 is 2.23 bits per heavy atom. The van der Waals surface area contributed by atoms with Gasteiger partial charge in [0.05, 0.1) is 10.2 Å². The molecular weight excluding hydrogens is 282 g/mol. The van der Waals surface area contributed by atoms with E-state index in [0.29, 0.717) is 6.61 Å². The molecule has 0 aromatic heterocycles. The van der Waals surface area contributed by atoms with Crippen LogP contribution in [0.3, 0.4) is 0 Å². The summed E-state index contributed by atoms with van der Waals surface area (Å²) in [5.41, 5.74) is 0. The molecule has 72 valence electrons. The molecule has 0 heterocycles. The van der Waals surface area contributed by atoms with Crippen LogP contribution in [0.15, 0.2) is 18.2 Å². The molecular formula is C10H12FIO. The first-order chi connectivity index (χ1) is 6.24. The minimum atomic E-state index is -0.216. The van der Waals surface area contributed by atoms with Gasteiger partial charge < -0.3 is 4.74 Å². The van der Waals surface area contributed by atoms with Crippen LogP contribution in [0.2, 0.25) is 0 Å². The molecule has 1 rings (SSSR count). The van der Waals surface area contributed by atoms with Gasteiger partial charge in [0, 0.05) is 0 Å². The Hall–Kier alpha value is -0.320. The maximum atomic E-state index is 12.7. The van der Waals surface area contributed by atoms with E-state index in [0.717, 1.165) is 22.2 Å². The van der Waals surface area contributed by atoms with Crippen molar-refractivity contribution in [3.63, 3.8) is 0 Å². The summed E-state index contributed by atoms with van der Waals surface area (Å²) < 4.78 is 19.0. The normalized spacial score (nSPS) is 10.1. The van der Waals surface area contributed by atoms with Gasteiger partial charge in [0.25, 0.3) is 0 Å². The fourth-order valence-electron chi connectivity index (χ4n) is 0.919. The average molecular weight is 294 g/mol. The highest BCUT2D eigenvalue weighted by Gasteiger charge is 2.01. The monoisotopic (exact) mass is 294 g/mol. The molecule has 0 spiro atoms. The summed E-state index contributed by atoms with van der Waals surface area (Å²) in [5.74, 6) is 0.558. The van der Waals surface area contributed by atoms with Crippen LogP contribution in [0.25, 0.3) is 0 Å². The molecule has 13 heavy (non-hydrogen) atoms. The zero-order chi connectivity index (χ0) is 9.68. The predicted molar refractivity (Wildman–Crippen MR) is 59.5 cm³/mol. The van der Waals surface area contributed by atoms with Crippen molar-refractivity contribution in [2.45, 2.75) is 19.8 Å². The van der Waals surface area contributed by atoms with Crippen molar-refractivity contribution in [1.29, 1.82) is 0 Å². The fraction of sp³-hybridized carbons (Fsp3) is 0.400. The first kappa shape index (κ1) is 10.8. The van der Waals surface area contributed by atoms with Crippen molar-refractivity contribution in [3.8, 4) is 5.75 Å². The SMILES string of the molecule is CCCCOc1ccc(F)cc1I. The Morgan fingerprint density at radius 1 is 1.46 bits per heavy atom. The van der Waals surface area contributed by atoms with Gasteiger partial charge in [-0.1, -0.05) is 13.3 Å². The van der Waals surface area contributed by atoms with E-state index in [1.807, 2.05) is 0 Å². The molecule has 0 bridgehead atoms. The van der Waals surface area contributed by atoms with Crippen LogP contribution >= 0.6 is 22.6 Å². The third-order valence-corrected chi connectivity index (χ3v) is 2.49. The Morgan fingerprint density at radius 3 is 2.85 bits per heavy atom. The van der Waals surface area contributed by atoms with Crippen molar-refractivity contribution in [2.24, 2.45) is 0 Å².